The van der Waals surface area contributed by atoms with E-state index in [4.69, 9.17) is 22.4 Å². The molecule has 2 atom stereocenters. The maximum absolute atomic E-state index is 10.7. The van der Waals surface area contributed by atoms with Crippen molar-refractivity contribution in [1.29, 1.82) is 0 Å². The summed E-state index contributed by atoms with van der Waals surface area (Å²) in [4.78, 5) is 10.7. The molecule has 1 rings (SSSR count). The Hall–Kier alpha value is -1.06. The number of alkyl halides is 1. The molecule has 0 aliphatic rings. The van der Waals surface area contributed by atoms with Gasteiger partial charge in [0.25, 0.3) is 0 Å². The summed E-state index contributed by atoms with van der Waals surface area (Å²) in [5.74, 6) is -1.34. The fraction of sp³-hybridized carbons (Fsp3) is 0.300. The third-order valence-electron chi connectivity index (χ3n) is 2.13. The van der Waals surface area contributed by atoms with Gasteiger partial charge in [-0.15, -0.1) is 11.6 Å². The smallest absolute Gasteiger partial charge is 0.310 e. The average molecular weight is 214 g/mol. The molecule has 2 unspecified atom stereocenters. The van der Waals surface area contributed by atoms with Gasteiger partial charge < -0.3 is 10.8 Å². The van der Waals surface area contributed by atoms with Gasteiger partial charge in [0, 0.05) is 0 Å². The predicted octanol–water partition coefficient (Wildman–Crippen LogP) is 2.07. The first-order chi connectivity index (χ1) is 6.52. The van der Waals surface area contributed by atoms with Crippen LogP contribution < -0.4 is 5.73 Å². The normalized spacial score (nSPS) is 14.8. The molecule has 0 aliphatic carbocycles. The highest BCUT2D eigenvalue weighted by Crippen LogP contribution is 2.19. The van der Waals surface area contributed by atoms with Gasteiger partial charge in [-0.2, -0.15) is 0 Å². The predicted molar refractivity (Wildman–Crippen MR) is 55.3 cm³/mol. The molecule has 0 spiro atoms. The highest BCUT2D eigenvalue weighted by Gasteiger charge is 2.13. The van der Waals surface area contributed by atoms with Crippen molar-refractivity contribution in [2.75, 3.05) is 0 Å². The molecule has 3 nitrogen and oxygen atoms in total. The highest BCUT2D eigenvalue weighted by molar-refractivity contribution is 6.20. The Balaban J connectivity index is 2.88. The zero-order valence-corrected chi connectivity index (χ0v) is 8.53. The molecule has 0 heterocycles. The Bertz CT molecular complexity index is 321. The standard InChI is InChI=1S/C10H12ClNO2/c1-6(10(13)14)7-2-4-8(5-3-7)9(11)12/h2-6,9H,12H2,1H3,(H,13,14). The third kappa shape index (κ3) is 2.47. The number of carboxylic acid groups (broad SMARTS) is 1. The van der Waals surface area contributed by atoms with E-state index in [1.54, 1.807) is 31.2 Å². The minimum absolute atomic E-state index is 0.504. The Morgan fingerprint density at radius 1 is 1.36 bits per heavy atom. The number of carbonyl (C=O) groups is 1. The Kier molecular flexibility index (Phi) is 3.49. The summed E-state index contributed by atoms with van der Waals surface area (Å²) in [6, 6.07) is 6.95. The molecule has 76 valence electrons. The van der Waals surface area contributed by atoms with Gasteiger partial charge in [-0.1, -0.05) is 24.3 Å². The first kappa shape index (κ1) is 11.0. The summed E-state index contributed by atoms with van der Waals surface area (Å²) in [5.41, 5.74) is 6.44. The van der Waals surface area contributed by atoms with E-state index in [-0.39, 0.29) is 0 Å². The minimum Gasteiger partial charge on any atom is -0.481 e. The maximum atomic E-state index is 10.7. The summed E-state index contributed by atoms with van der Waals surface area (Å²) in [6.07, 6.45) is 0. The van der Waals surface area contributed by atoms with Crippen molar-refractivity contribution in [2.45, 2.75) is 18.3 Å². The van der Waals surface area contributed by atoms with Crippen molar-refractivity contribution < 1.29 is 9.90 Å². The van der Waals surface area contributed by atoms with E-state index in [1.165, 1.54) is 0 Å². The Morgan fingerprint density at radius 3 is 2.14 bits per heavy atom. The van der Waals surface area contributed by atoms with Crippen molar-refractivity contribution >= 4 is 17.6 Å². The quantitative estimate of drug-likeness (QED) is 0.597. The van der Waals surface area contributed by atoms with Crippen LogP contribution in [0.4, 0.5) is 0 Å². The number of halogens is 1. The van der Waals surface area contributed by atoms with E-state index >= 15 is 0 Å². The van der Waals surface area contributed by atoms with Crippen LogP contribution in [0.5, 0.6) is 0 Å². The van der Waals surface area contributed by atoms with E-state index < -0.39 is 17.4 Å². The van der Waals surface area contributed by atoms with Gasteiger partial charge in [0.1, 0.15) is 5.50 Å². The molecule has 0 fully saturated rings. The lowest BCUT2D eigenvalue weighted by Crippen LogP contribution is -2.08. The van der Waals surface area contributed by atoms with Gasteiger partial charge in [-0.25, -0.2) is 0 Å². The van der Waals surface area contributed by atoms with Crippen molar-refractivity contribution in [3.63, 3.8) is 0 Å². The Morgan fingerprint density at radius 2 is 1.79 bits per heavy atom. The fourth-order valence-corrected chi connectivity index (χ4v) is 1.26. The lowest BCUT2D eigenvalue weighted by molar-refractivity contribution is -0.138. The van der Waals surface area contributed by atoms with Gasteiger partial charge in [0.05, 0.1) is 5.92 Å². The highest BCUT2D eigenvalue weighted by atomic mass is 35.5. The van der Waals surface area contributed by atoms with Crippen LogP contribution in [0.15, 0.2) is 24.3 Å². The van der Waals surface area contributed by atoms with Crippen molar-refractivity contribution in [3.05, 3.63) is 35.4 Å². The first-order valence-electron chi connectivity index (χ1n) is 4.24. The number of nitrogens with two attached hydrogens (primary N) is 1. The molecule has 0 amide bonds. The molecule has 0 saturated carbocycles. The van der Waals surface area contributed by atoms with Gasteiger partial charge in [0.2, 0.25) is 0 Å². The van der Waals surface area contributed by atoms with Gasteiger partial charge in [-0.05, 0) is 18.1 Å². The number of carboxylic acids is 1. The molecule has 0 aliphatic heterocycles. The topological polar surface area (TPSA) is 63.3 Å². The molecule has 0 aromatic heterocycles. The number of hydrogen-bond acceptors (Lipinski definition) is 2. The van der Waals surface area contributed by atoms with Crippen molar-refractivity contribution in [1.82, 2.24) is 0 Å². The number of aliphatic carboxylic acids is 1. The minimum atomic E-state index is -0.840. The van der Waals surface area contributed by atoms with Crippen LogP contribution in [0.25, 0.3) is 0 Å². The third-order valence-corrected chi connectivity index (χ3v) is 2.38. The molecule has 1 aromatic rings. The second-order valence-electron chi connectivity index (χ2n) is 3.13. The van der Waals surface area contributed by atoms with E-state index in [2.05, 4.69) is 0 Å². The van der Waals surface area contributed by atoms with Crippen LogP contribution in [-0.2, 0) is 4.79 Å². The summed E-state index contributed by atoms with van der Waals surface area (Å²) in [6.45, 7) is 1.64. The summed E-state index contributed by atoms with van der Waals surface area (Å²) >= 11 is 5.66. The molecule has 14 heavy (non-hydrogen) atoms. The molecule has 1 aromatic carbocycles. The van der Waals surface area contributed by atoms with E-state index in [9.17, 15) is 4.79 Å². The van der Waals surface area contributed by atoms with Crippen LogP contribution in [0.1, 0.15) is 29.5 Å². The zero-order valence-electron chi connectivity index (χ0n) is 7.77. The molecular weight excluding hydrogens is 202 g/mol. The van der Waals surface area contributed by atoms with Crippen LogP contribution in [0.2, 0.25) is 0 Å². The summed E-state index contributed by atoms with van der Waals surface area (Å²) < 4.78 is 0. The van der Waals surface area contributed by atoms with E-state index in [0.717, 1.165) is 11.1 Å². The van der Waals surface area contributed by atoms with Crippen molar-refractivity contribution in [3.8, 4) is 0 Å². The molecule has 0 radical (unpaired) electrons. The largest absolute Gasteiger partial charge is 0.481 e. The lowest BCUT2D eigenvalue weighted by atomic mass is 10.0. The summed E-state index contributed by atoms with van der Waals surface area (Å²) in [7, 11) is 0. The SMILES string of the molecule is CC(C(=O)O)c1ccc(C(N)Cl)cc1. The van der Waals surface area contributed by atoms with Gasteiger partial charge in [0.15, 0.2) is 0 Å². The number of benzene rings is 1. The molecule has 0 bridgehead atoms. The fourth-order valence-electron chi connectivity index (χ4n) is 1.11. The van der Waals surface area contributed by atoms with Crippen LogP contribution in [0, 0.1) is 0 Å². The molecule has 0 saturated heterocycles. The number of rotatable bonds is 3. The van der Waals surface area contributed by atoms with Gasteiger partial charge in [-0.3, -0.25) is 4.79 Å². The maximum Gasteiger partial charge on any atom is 0.310 e. The number of hydrogen-bond donors (Lipinski definition) is 2. The lowest BCUT2D eigenvalue weighted by Gasteiger charge is -2.08. The van der Waals surface area contributed by atoms with Gasteiger partial charge >= 0.3 is 5.97 Å². The van der Waals surface area contributed by atoms with Crippen molar-refractivity contribution in [2.24, 2.45) is 5.73 Å². The molecule has 3 N–H and O–H groups in total. The molecule has 4 heteroatoms. The second-order valence-corrected chi connectivity index (χ2v) is 3.60. The average Bonchev–Trinajstić information content (AvgIpc) is 2.16. The van der Waals surface area contributed by atoms with Crippen LogP contribution in [-0.4, -0.2) is 11.1 Å². The van der Waals surface area contributed by atoms with E-state index in [1.807, 2.05) is 0 Å². The van der Waals surface area contributed by atoms with E-state index in [0.29, 0.717) is 0 Å². The van der Waals surface area contributed by atoms with Crippen LogP contribution >= 0.6 is 11.6 Å². The summed E-state index contributed by atoms with van der Waals surface area (Å²) in [5, 5.41) is 8.76. The zero-order chi connectivity index (χ0) is 10.7. The first-order valence-corrected chi connectivity index (χ1v) is 4.68. The Labute approximate surface area is 87.5 Å². The van der Waals surface area contributed by atoms with Crippen LogP contribution in [0.3, 0.4) is 0 Å². The molecular formula is C10H12ClNO2. The second kappa shape index (κ2) is 4.44. The monoisotopic (exact) mass is 213 g/mol.